The van der Waals surface area contributed by atoms with E-state index in [4.69, 9.17) is 0 Å². The molecule has 2 heterocycles. The van der Waals surface area contributed by atoms with E-state index in [2.05, 4.69) is 79.4 Å². The Kier molecular flexibility index (Phi) is 5.41. The summed E-state index contributed by atoms with van der Waals surface area (Å²) in [6.45, 7) is 3.27. The second kappa shape index (κ2) is 8.66. The molecule has 0 aliphatic carbocycles. The average Bonchev–Trinajstić information content (AvgIpc) is 3.55. The number of hydrogen-bond acceptors (Lipinski definition) is 8. The highest BCUT2D eigenvalue weighted by Crippen LogP contribution is 2.31. The minimum absolute atomic E-state index is 0.783. The topological polar surface area (TPSA) is 80.0 Å². The van der Waals surface area contributed by atoms with Gasteiger partial charge in [0, 0.05) is 38.3 Å². The van der Waals surface area contributed by atoms with E-state index in [1.807, 2.05) is 26.5 Å². The van der Waals surface area contributed by atoms with Crippen LogP contribution in [0.2, 0.25) is 0 Å². The third kappa shape index (κ3) is 3.75. The maximum absolute atomic E-state index is 4.68. The molecule has 0 bridgehead atoms. The van der Waals surface area contributed by atoms with Gasteiger partial charge in [-0.05, 0) is 21.5 Å². The van der Waals surface area contributed by atoms with Gasteiger partial charge in [0.05, 0.1) is 25.5 Å². The summed E-state index contributed by atoms with van der Waals surface area (Å²) < 4.78 is 0. The van der Waals surface area contributed by atoms with Crippen molar-refractivity contribution in [2.24, 2.45) is 20.2 Å². The Balaban J connectivity index is 1.62. The molecule has 2 aliphatic heterocycles. The molecule has 0 atom stereocenters. The minimum atomic E-state index is 0.783. The fourth-order valence-corrected chi connectivity index (χ4v) is 4.08. The van der Waals surface area contributed by atoms with Gasteiger partial charge in [0.25, 0.3) is 0 Å². The molecule has 8 nitrogen and oxygen atoms in total. The molecule has 32 heavy (non-hydrogen) atoms. The number of benzene rings is 3. The molecule has 3 aromatic carbocycles. The first kappa shape index (κ1) is 20.0. The molecule has 8 heteroatoms. The van der Waals surface area contributed by atoms with Gasteiger partial charge < -0.3 is 10.6 Å². The van der Waals surface area contributed by atoms with Gasteiger partial charge in [-0.1, -0.05) is 48.5 Å². The molecular formula is C24H26N8. The van der Waals surface area contributed by atoms with E-state index in [0.717, 1.165) is 70.8 Å². The second-order valence-corrected chi connectivity index (χ2v) is 7.72. The molecular weight excluding hydrogens is 400 g/mol. The van der Waals surface area contributed by atoms with Crippen LogP contribution in [-0.4, -0.2) is 74.6 Å². The zero-order chi connectivity index (χ0) is 21.9. The summed E-state index contributed by atoms with van der Waals surface area (Å²) >= 11 is 0. The standard InChI is InChI=1S/C24H26N8/c1-31(23-25-11-12-26-23)29-15-21-17-7-3-5-9-19(17)22(20-10-6-4-8-18(20)21)16-30-32(2)24-27-13-14-28-24/h3-10,15-16H,11-14H2,1-2H3,(H,25,26)(H,27,28)/b29-15+,30-16+. The molecule has 0 saturated heterocycles. The Morgan fingerprint density at radius 3 is 1.38 bits per heavy atom. The minimum Gasteiger partial charge on any atom is -0.353 e. The zero-order valence-corrected chi connectivity index (χ0v) is 18.3. The number of aliphatic imine (C=N–C) groups is 2. The molecule has 3 aromatic rings. The highest BCUT2D eigenvalue weighted by Gasteiger charge is 2.14. The van der Waals surface area contributed by atoms with Gasteiger partial charge in [-0.2, -0.15) is 10.2 Å². The van der Waals surface area contributed by atoms with Crippen molar-refractivity contribution >= 4 is 45.9 Å². The van der Waals surface area contributed by atoms with Crippen LogP contribution in [0, 0.1) is 0 Å². The van der Waals surface area contributed by atoms with Crippen LogP contribution in [0.15, 0.2) is 68.7 Å². The van der Waals surface area contributed by atoms with Crippen LogP contribution in [0.25, 0.3) is 21.5 Å². The van der Waals surface area contributed by atoms with Crippen LogP contribution in [0.5, 0.6) is 0 Å². The summed E-state index contributed by atoms with van der Waals surface area (Å²) in [5.41, 5.74) is 2.16. The Bertz CT molecular complexity index is 1120. The lowest BCUT2D eigenvalue weighted by atomic mass is 9.92. The van der Waals surface area contributed by atoms with Crippen LogP contribution in [0.1, 0.15) is 11.1 Å². The lowest BCUT2D eigenvalue weighted by Crippen LogP contribution is -2.32. The van der Waals surface area contributed by atoms with Crippen molar-refractivity contribution < 1.29 is 0 Å². The molecule has 2 aliphatic rings. The van der Waals surface area contributed by atoms with Crippen LogP contribution in [0.4, 0.5) is 0 Å². The maximum atomic E-state index is 4.68. The maximum Gasteiger partial charge on any atom is 0.214 e. The first-order chi connectivity index (χ1) is 15.7. The highest BCUT2D eigenvalue weighted by molar-refractivity contribution is 6.21. The second-order valence-electron chi connectivity index (χ2n) is 7.72. The number of hydrogen-bond donors (Lipinski definition) is 2. The smallest absolute Gasteiger partial charge is 0.214 e. The molecule has 2 N–H and O–H groups in total. The Labute approximate surface area is 187 Å². The molecule has 0 aromatic heterocycles. The summed E-state index contributed by atoms with van der Waals surface area (Å²) in [4.78, 5) is 8.88. The van der Waals surface area contributed by atoms with Gasteiger partial charge in [-0.15, -0.1) is 0 Å². The van der Waals surface area contributed by atoms with Crippen molar-refractivity contribution in [2.45, 2.75) is 0 Å². The van der Waals surface area contributed by atoms with E-state index >= 15 is 0 Å². The van der Waals surface area contributed by atoms with Crippen molar-refractivity contribution in [2.75, 3.05) is 40.3 Å². The molecule has 0 fully saturated rings. The van der Waals surface area contributed by atoms with E-state index in [0.29, 0.717) is 0 Å². The van der Waals surface area contributed by atoms with E-state index in [-0.39, 0.29) is 0 Å². The molecule has 162 valence electrons. The number of nitrogens with zero attached hydrogens (tertiary/aromatic N) is 6. The highest BCUT2D eigenvalue weighted by atomic mass is 15.5. The Morgan fingerprint density at radius 1 is 0.688 bits per heavy atom. The van der Waals surface area contributed by atoms with Gasteiger partial charge in [0.1, 0.15) is 0 Å². The monoisotopic (exact) mass is 426 g/mol. The number of rotatable bonds is 4. The van der Waals surface area contributed by atoms with E-state index in [9.17, 15) is 0 Å². The molecule has 0 amide bonds. The number of nitrogens with one attached hydrogen (secondary N) is 2. The van der Waals surface area contributed by atoms with Gasteiger partial charge in [0.15, 0.2) is 0 Å². The fraction of sp³-hybridized carbons (Fsp3) is 0.250. The van der Waals surface area contributed by atoms with Gasteiger partial charge in [-0.3, -0.25) is 0 Å². The van der Waals surface area contributed by atoms with Gasteiger partial charge in [-0.25, -0.2) is 20.0 Å². The van der Waals surface area contributed by atoms with Crippen LogP contribution in [0.3, 0.4) is 0 Å². The average molecular weight is 427 g/mol. The van der Waals surface area contributed by atoms with Crippen molar-refractivity contribution in [3.05, 3.63) is 59.7 Å². The summed E-state index contributed by atoms with van der Waals surface area (Å²) in [5.74, 6) is 1.59. The van der Waals surface area contributed by atoms with Gasteiger partial charge in [0.2, 0.25) is 11.9 Å². The molecule has 0 unspecified atom stereocenters. The summed E-state index contributed by atoms with van der Waals surface area (Å²) in [5, 5.41) is 24.0. The van der Waals surface area contributed by atoms with Crippen molar-refractivity contribution in [3.63, 3.8) is 0 Å². The zero-order valence-electron chi connectivity index (χ0n) is 18.3. The predicted octanol–water partition coefficient (Wildman–Crippen LogP) is 2.44. The van der Waals surface area contributed by atoms with Crippen molar-refractivity contribution in [1.29, 1.82) is 0 Å². The predicted molar refractivity (Wildman–Crippen MR) is 133 cm³/mol. The lowest BCUT2D eigenvalue weighted by molar-refractivity contribution is 0.531. The Morgan fingerprint density at radius 2 is 1.06 bits per heavy atom. The number of hydrazone groups is 2. The first-order valence-electron chi connectivity index (χ1n) is 10.8. The van der Waals surface area contributed by atoms with Crippen LogP contribution in [-0.2, 0) is 0 Å². The Hall–Kier alpha value is -3.94. The van der Waals surface area contributed by atoms with E-state index < -0.39 is 0 Å². The number of fused-ring (bicyclic) bond motifs is 2. The summed E-state index contributed by atoms with van der Waals surface area (Å²) in [6, 6.07) is 16.8. The molecule has 5 rings (SSSR count). The van der Waals surface area contributed by atoms with Crippen molar-refractivity contribution in [1.82, 2.24) is 20.7 Å². The molecule has 0 saturated carbocycles. The normalized spacial score (nSPS) is 15.9. The fourth-order valence-electron chi connectivity index (χ4n) is 4.08. The SMILES string of the molecule is CN(/N=C/c1c2ccccc2c(/C=N/N(C)C2=NCCN2)c2ccccc12)C1=NCCN1. The van der Waals surface area contributed by atoms with E-state index in [1.54, 1.807) is 10.0 Å². The first-order valence-corrected chi connectivity index (χ1v) is 10.8. The lowest BCUT2D eigenvalue weighted by Gasteiger charge is -2.16. The molecule has 0 radical (unpaired) electrons. The number of guanidine groups is 2. The third-order valence-corrected chi connectivity index (χ3v) is 5.66. The van der Waals surface area contributed by atoms with Gasteiger partial charge >= 0.3 is 0 Å². The van der Waals surface area contributed by atoms with Crippen molar-refractivity contribution in [3.8, 4) is 0 Å². The summed E-state index contributed by atoms with van der Waals surface area (Å²) in [6.07, 6.45) is 3.86. The van der Waals surface area contributed by atoms with E-state index in [1.165, 1.54) is 0 Å². The van der Waals surface area contributed by atoms with Crippen LogP contribution < -0.4 is 10.6 Å². The van der Waals surface area contributed by atoms with Crippen LogP contribution >= 0.6 is 0 Å². The third-order valence-electron chi connectivity index (χ3n) is 5.66. The largest absolute Gasteiger partial charge is 0.353 e. The quantitative estimate of drug-likeness (QED) is 0.382. The summed E-state index contributed by atoms with van der Waals surface area (Å²) in [7, 11) is 3.82. The molecule has 0 spiro atoms.